The van der Waals surface area contributed by atoms with Crippen LogP contribution in [-0.2, 0) is 11.3 Å². The largest absolute Gasteiger partial charge is 0.427 e. The molecule has 6 nitrogen and oxygen atoms in total. The van der Waals surface area contributed by atoms with Crippen molar-refractivity contribution in [3.8, 4) is 5.75 Å². The summed E-state index contributed by atoms with van der Waals surface area (Å²) >= 11 is 0. The smallest absolute Gasteiger partial charge is 0.391 e. The van der Waals surface area contributed by atoms with Crippen LogP contribution in [0.4, 0.5) is 0 Å². The Morgan fingerprint density at radius 2 is 1.63 bits per heavy atom. The molecule has 160 valence electrons. The number of carbonyl (C=O) groups is 1. The van der Waals surface area contributed by atoms with Gasteiger partial charge in [-0.05, 0) is 68.5 Å². The normalized spacial score (nSPS) is 20.9. The van der Waals surface area contributed by atoms with Crippen molar-refractivity contribution in [2.75, 3.05) is 19.6 Å². The lowest BCUT2D eigenvalue weighted by molar-refractivity contribution is -0.133. The number of likely N-dealkylation sites (tertiary alicyclic amines) is 2. The average molecular weight is 428 g/mol. The molecule has 0 aromatic heterocycles. The third-order valence-corrected chi connectivity index (χ3v) is 6.65. The van der Waals surface area contributed by atoms with Gasteiger partial charge in [0, 0.05) is 13.1 Å². The second kappa shape index (κ2) is 9.44. The summed E-state index contributed by atoms with van der Waals surface area (Å²) in [7, 11) is -2.38. The van der Waals surface area contributed by atoms with Gasteiger partial charge in [-0.3, -0.25) is 9.69 Å². The first kappa shape index (κ1) is 21.3. The van der Waals surface area contributed by atoms with Gasteiger partial charge in [-0.1, -0.05) is 42.0 Å². The molecule has 2 heterocycles. The topological polar surface area (TPSA) is 73.2 Å². The first-order valence-electron chi connectivity index (χ1n) is 10.5. The molecule has 7 heteroatoms. The van der Waals surface area contributed by atoms with Gasteiger partial charge >= 0.3 is 8.60 Å². The zero-order valence-corrected chi connectivity index (χ0v) is 18.2. The van der Waals surface area contributed by atoms with Crippen LogP contribution in [0.2, 0.25) is 0 Å². The molecule has 2 aromatic carbocycles. The van der Waals surface area contributed by atoms with Gasteiger partial charge in [0.15, 0.2) is 0 Å². The predicted octanol–water partition coefficient (Wildman–Crippen LogP) is 3.57. The zero-order valence-electron chi connectivity index (χ0n) is 17.3. The summed E-state index contributed by atoms with van der Waals surface area (Å²) in [5.74, 6) is 1.19. The fourth-order valence-electron chi connectivity index (χ4n) is 4.57. The molecule has 0 saturated carbocycles. The first-order chi connectivity index (χ1) is 14.5. The van der Waals surface area contributed by atoms with Crippen LogP contribution in [-0.4, -0.2) is 51.2 Å². The van der Waals surface area contributed by atoms with E-state index >= 15 is 0 Å². The minimum atomic E-state index is -2.38. The van der Waals surface area contributed by atoms with Gasteiger partial charge in [0.1, 0.15) is 5.75 Å². The van der Waals surface area contributed by atoms with E-state index in [2.05, 4.69) is 36.1 Å². The quantitative estimate of drug-likeness (QED) is 0.689. The van der Waals surface area contributed by atoms with Gasteiger partial charge in [0.25, 0.3) is 0 Å². The number of aryl methyl sites for hydroxylation is 1. The Hall–Kier alpha value is -1.98. The Kier molecular flexibility index (Phi) is 6.69. The second-order valence-electron chi connectivity index (χ2n) is 8.27. The maximum Gasteiger partial charge on any atom is 0.391 e. The lowest BCUT2D eigenvalue weighted by atomic mass is 9.89. The van der Waals surface area contributed by atoms with Gasteiger partial charge < -0.3 is 19.2 Å². The van der Waals surface area contributed by atoms with Crippen molar-refractivity contribution in [3.05, 3.63) is 65.2 Å². The number of hydrogen-bond acceptors (Lipinski definition) is 5. The standard InChI is InChI=1S/C23H29N2O4P/c1-17-2-4-18(5-3-17)16-25-15-12-22(23(25)26)24-13-10-20(11-14-24)19-6-8-21(9-7-19)29-30(27)28/h2-9,20,22,27-28H,10-16H2,1H3/t22-/m1/s1. The van der Waals surface area contributed by atoms with Crippen molar-refractivity contribution < 1.29 is 19.1 Å². The molecule has 4 rings (SSSR count). The number of rotatable bonds is 6. The van der Waals surface area contributed by atoms with E-state index in [-0.39, 0.29) is 11.9 Å². The summed E-state index contributed by atoms with van der Waals surface area (Å²) in [5, 5.41) is 0. The highest BCUT2D eigenvalue weighted by molar-refractivity contribution is 7.39. The van der Waals surface area contributed by atoms with E-state index in [1.807, 2.05) is 17.0 Å². The minimum absolute atomic E-state index is 0.0144. The summed E-state index contributed by atoms with van der Waals surface area (Å²) < 4.78 is 4.94. The van der Waals surface area contributed by atoms with E-state index in [0.717, 1.165) is 38.9 Å². The molecule has 2 N–H and O–H groups in total. The third kappa shape index (κ3) is 5.01. The van der Waals surface area contributed by atoms with Crippen molar-refractivity contribution in [2.24, 2.45) is 0 Å². The fraction of sp³-hybridized carbons (Fsp3) is 0.435. The molecule has 30 heavy (non-hydrogen) atoms. The maximum atomic E-state index is 13.0. The van der Waals surface area contributed by atoms with Crippen LogP contribution < -0.4 is 4.52 Å². The van der Waals surface area contributed by atoms with E-state index in [1.165, 1.54) is 16.7 Å². The SMILES string of the molecule is Cc1ccc(CN2CC[C@@H](N3CCC(c4ccc(OP(O)O)cc4)CC3)C2=O)cc1. The van der Waals surface area contributed by atoms with Gasteiger partial charge in [-0.2, -0.15) is 0 Å². The summed E-state index contributed by atoms with van der Waals surface area (Å²) in [5.41, 5.74) is 3.66. The van der Waals surface area contributed by atoms with Crippen LogP contribution in [0.5, 0.6) is 5.75 Å². The number of benzene rings is 2. The lowest BCUT2D eigenvalue weighted by Gasteiger charge is -2.35. The molecule has 2 aliphatic rings. The highest BCUT2D eigenvalue weighted by atomic mass is 31.2. The van der Waals surface area contributed by atoms with Crippen molar-refractivity contribution in [2.45, 2.75) is 44.7 Å². The third-order valence-electron chi connectivity index (χ3n) is 6.27. The molecule has 0 radical (unpaired) electrons. The summed E-state index contributed by atoms with van der Waals surface area (Å²) in [6.45, 7) is 5.46. The summed E-state index contributed by atoms with van der Waals surface area (Å²) in [6, 6.07) is 16.0. The van der Waals surface area contributed by atoms with Crippen LogP contribution in [0, 0.1) is 6.92 Å². The molecular weight excluding hydrogens is 399 g/mol. The Bertz CT molecular complexity index is 849. The zero-order chi connectivity index (χ0) is 21.1. The molecular formula is C23H29N2O4P. The first-order valence-corrected chi connectivity index (χ1v) is 11.7. The highest BCUT2D eigenvalue weighted by Gasteiger charge is 2.37. The molecule has 0 spiro atoms. The van der Waals surface area contributed by atoms with Crippen LogP contribution in [0.15, 0.2) is 48.5 Å². The molecule has 1 amide bonds. The van der Waals surface area contributed by atoms with Gasteiger partial charge in [-0.15, -0.1) is 0 Å². The summed E-state index contributed by atoms with van der Waals surface area (Å²) in [6.07, 6.45) is 2.95. The minimum Gasteiger partial charge on any atom is -0.427 e. The van der Waals surface area contributed by atoms with Crippen molar-refractivity contribution in [3.63, 3.8) is 0 Å². The average Bonchev–Trinajstić information content (AvgIpc) is 3.10. The number of hydrogen-bond donors (Lipinski definition) is 2. The Balaban J connectivity index is 1.29. The van der Waals surface area contributed by atoms with Gasteiger partial charge in [0.2, 0.25) is 5.91 Å². The Morgan fingerprint density at radius 1 is 0.967 bits per heavy atom. The molecule has 0 aliphatic carbocycles. The van der Waals surface area contributed by atoms with Crippen molar-refractivity contribution >= 4 is 14.5 Å². The van der Waals surface area contributed by atoms with Crippen molar-refractivity contribution in [1.82, 2.24) is 9.80 Å². The number of carbonyl (C=O) groups excluding carboxylic acids is 1. The number of nitrogens with zero attached hydrogens (tertiary/aromatic N) is 2. The van der Waals surface area contributed by atoms with E-state index in [1.54, 1.807) is 12.1 Å². The van der Waals surface area contributed by atoms with E-state index < -0.39 is 8.60 Å². The van der Waals surface area contributed by atoms with Crippen LogP contribution in [0.25, 0.3) is 0 Å². The molecule has 2 aliphatic heterocycles. The Morgan fingerprint density at radius 3 is 2.27 bits per heavy atom. The fourth-order valence-corrected chi connectivity index (χ4v) is 4.88. The van der Waals surface area contributed by atoms with Crippen LogP contribution in [0.1, 0.15) is 41.9 Å². The van der Waals surface area contributed by atoms with E-state index in [9.17, 15) is 4.79 Å². The predicted molar refractivity (Wildman–Crippen MR) is 117 cm³/mol. The molecule has 0 bridgehead atoms. The monoisotopic (exact) mass is 428 g/mol. The van der Waals surface area contributed by atoms with Gasteiger partial charge in [0.05, 0.1) is 6.04 Å². The summed E-state index contributed by atoms with van der Waals surface area (Å²) in [4.78, 5) is 35.2. The van der Waals surface area contributed by atoms with Crippen molar-refractivity contribution in [1.29, 1.82) is 0 Å². The Labute approximate surface area is 179 Å². The molecule has 2 aromatic rings. The molecule has 2 fully saturated rings. The van der Waals surface area contributed by atoms with E-state index in [4.69, 9.17) is 14.3 Å². The second-order valence-corrected chi connectivity index (χ2v) is 8.96. The lowest BCUT2D eigenvalue weighted by Crippen LogP contribution is -2.45. The number of piperidine rings is 1. The maximum absolute atomic E-state index is 13.0. The van der Waals surface area contributed by atoms with Crippen LogP contribution in [0.3, 0.4) is 0 Å². The molecule has 2 saturated heterocycles. The van der Waals surface area contributed by atoms with E-state index in [0.29, 0.717) is 18.2 Å². The van der Waals surface area contributed by atoms with Gasteiger partial charge in [-0.25, -0.2) is 0 Å². The molecule has 0 unspecified atom stereocenters. The highest BCUT2D eigenvalue weighted by Crippen LogP contribution is 2.34. The number of amides is 1. The molecule has 1 atom stereocenters. The van der Waals surface area contributed by atoms with Crippen LogP contribution >= 0.6 is 8.60 Å².